The van der Waals surface area contributed by atoms with Gasteiger partial charge in [-0.2, -0.15) is 0 Å². The number of methoxy groups -OCH3 is 1. The van der Waals surface area contributed by atoms with E-state index in [9.17, 15) is 0 Å². The molecule has 0 aromatic rings. The highest BCUT2D eigenvalue weighted by atomic mass is 16.5. The average molecular weight is 183 g/mol. The van der Waals surface area contributed by atoms with Gasteiger partial charge in [0.15, 0.2) is 0 Å². The van der Waals surface area contributed by atoms with E-state index in [1.54, 1.807) is 0 Å². The van der Waals surface area contributed by atoms with Crippen LogP contribution in [0.5, 0.6) is 0 Å². The molecule has 0 radical (unpaired) electrons. The van der Waals surface area contributed by atoms with Crippen LogP contribution < -0.4 is 0 Å². The van der Waals surface area contributed by atoms with Gasteiger partial charge in [0.2, 0.25) is 0 Å². The number of hydrogen-bond acceptors (Lipinski definition) is 2. The smallest absolute Gasteiger partial charge is 0.0646 e. The SMILES string of the molecule is COC[C@@]12CCCN1CC(C)(C)C2. The quantitative estimate of drug-likeness (QED) is 0.648. The second kappa shape index (κ2) is 2.96. The van der Waals surface area contributed by atoms with Crippen LogP contribution in [-0.4, -0.2) is 37.2 Å². The minimum atomic E-state index is 0.401. The largest absolute Gasteiger partial charge is 0.383 e. The van der Waals surface area contributed by atoms with Crippen LogP contribution in [0.2, 0.25) is 0 Å². The summed E-state index contributed by atoms with van der Waals surface area (Å²) in [6.07, 6.45) is 4.01. The predicted octanol–water partition coefficient (Wildman–Crippen LogP) is 1.90. The molecular formula is C11H21NO. The van der Waals surface area contributed by atoms with Gasteiger partial charge >= 0.3 is 0 Å². The van der Waals surface area contributed by atoms with Gasteiger partial charge in [-0.15, -0.1) is 0 Å². The second-order valence-electron chi connectivity index (χ2n) is 5.52. The lowest BCUT2D eigenvalue weighted by atomic mass is 9.83. The van der Waals surface area contributed by atoms with Gasteiger partial charge in [-0.3, -0.25) is 4.90 Å². The molecule has 0 saturated carbocycles. The van der Waals surface area contributed by atoms with Gasteiger partial charge in [0.05, 0.1) is 6.61 Å². The minimum absolute atomic E-state index is 0.401. The molecule has 2 rings (SSSR count). The maximum Gasteiger partial charge on any atom is 0.0646 e. The summed E-state index contributed by atoms with van der Waals surface area (Å²) < 4.78 is 5.38. The van der Waals surface area contributed by atoms with E-state index in [4.69, 9.17) is 4.74 Å². The molecule has 0 N–H and O–H groups in total. The van der Waals surface area contributed by atoms with Gasteiger partial charge in [0, 0.05) is 19.2 Å². The summed E-state index contributed by atoms with van der Waals surface area (Å²) in [7, 11) is 1.83. The summed E-state index contributed by atoms with van der Waals surface area (Å²) >= 11 is 0. The van der Waals surface area contributed by atoms with E-state index < -0.39 is 0 Å². The summed E-state index contributed by atoms with van der Waals surface area (Å²) in [6, 6.07) is 0. The fourth-order valence-electron chi connectivity index (χ4n) is 3.39. The number of fused-ring (bicyclic) bond motifs is 1. The van der Waals surface area contributed by atoms with Crippen LogP contribution in [0.1, 0.15) is 33.1 Å². The first-order valence-electron chi connectivity index (χ1n) is 5.32. The molecule has 2 saturated heterocycles. The van der Waals surface area contributed by atoms with E-state index in [0.29, 0.717) is 11.0 Å². The normalized spacial score (nSPS) is 38.1. The summed E-state index contributed by atoms with van der Waals surface area (Å²) in [5.41, 5.74) is 0.900. The molecule has 0 bridgehead atoms. The molecule has 0 aliphatic carbocycles. The molecular weight excluding hydrogens is 162 g/mol. The van der Waals surface area contributed by atoms with E-state index in [1.807, 2.05) is 7.11 Å². The zero-order chi connectivity index (χ0) is 9.53. The van der Waals surface area contributed by atoms with Crippen molar-refractivity contribution in [3.8, 4) is 0 Å². The molecule has 2 fully saturated rings. The monoisotopic (exact) mass is 183 g/mol. The zero-order valence-corrected chi connectivity index (χ0v) is 9.10. The first-order valence-corrected chi connectivity index (χ1v) is 5.32. The van der Waals surface area contributed by atoms with Crippen molar-refractivity contribution in [2.24, 2.45) is 5.41 Å². The summed E-state index contributed by atoms with van der Waals surface area (Å²) in [5.74, 6) is 0. The van der Waals surface area contributed by atoms with Gasteiger partial charge in [-0.05, 0) is 31.2 Å². The van der Waals surface area contributed by atoms with Crippen LogP contribution >= 0.6 is 0 Å². The fourth-order valence-corrected chi connectivity index (χ4v) is 3.39. The fraction of sp³-hybridized carbons (Fsp3) is 1.00. The van der Waals surface area contributed by atoms with Crippen molar-refractivity contribution in [2.45, 2.75) is 38.6 Å². The van der Waals surface area contributed by atoms with Gasteiger partial charge < -0.3 is 4.74 Å². The van der Waals surface area contributed by atoms with Crippen LogP contribution in [0.4, 0.5) is 0 Å². The van der Waals surface area contributed by atoms with Crippen LogP contribution in [0.15, 0.2) is 0 Å². The van der Waals surface area contributed by atoms with Gasteiger partial charge in [-0.25, -0.2) is 0 Å². The molecule has 2 heteroatoms. The highest BCUT2D eigenvalue weighted by Crippen LogP contribution is 2.47. The molecule has 2 aliphatic heterocycles. The number of ether oxygens (including phenoxy) is 1. The summed E-state index contributed by atoms with van der Waals surface area (Å²) in [4.78, 5) is 2.65. The topological polar surface area (TPSA) is 12.5 Å². The van der Waals surface area contributed by atoms with Crippen LogP contribution in [0.25, 0.3) is 0 Å². The standard InChI is InChI=1S/C11H21NO/c1-10(2)7-11(9-13-3)5-4-6-12(11)8-10/h4-9H2,1-3H3/t11-/m0/s1. The Bertz CT molecular complexity index is 202. The molecule has 13 heavy (non-hydrogen) atoms. The summed E-state index contributed by atoms with van der Waals surface area (Å²) in [5, 5.41) is 0. The maximum absolute atomic E-state index is 5.38. The molecule has 1 atom stereocenters. The molecule has 0 spiro atoms. The maximum atomic E-state index is 5.38. The minimum Gasteiger partial charge on any atom is -0.383 e. The van der Waals surface area contributed by atoms with Crippen LogP contribution in [0.3, 0.4) is 0 Å². The molecule has 0 aromatic carbocycles. The zero-order valence-electron chi connectivity index (χ0n) is 9.10. The van der Waals surface area contributed by atoms with Crippen molar-refractivity contribution < 1.29 is 4.74 Å². The van der Waals surface area contributed by atoms with Crippen molar-refractivity contribution in [3.05, 3.63) is 0 Å². The molecule has 0 aromatic heterocycles. The highest BCUT2D eigenvalue weighted by Gasteiger charge is 2.51. The van der Waals surface area contributed by atoms with Crippen molar-refractivity contribution in [3.63, 3.8) is 0 Å². The van der Waals surface area contributed by atoms with Crippen molar-refractivity contribution in [1.29, 1.82) is 0 Å². The Kier molecular flexibility index (Phi) is 2.16. The van der Waals surface area contributed by atoms with Crippen LogP contribution in [-0.2, 0) is 4.74 Å². The molecule has 0 amide bonds. The van der Waals surface area contributed by atoms with Crippen molar-refractivity contribution in [2.75, 3.05) is 26.8 Å². The van der Waals surface area contributed by atoms with Crippen molar-refractivity contribution in [1.82, 2.24) is 4.90 Å². The van der Waals surface area contributed by atoms with Gasteiger partial charge in [-0.1, -0.05) is 13.8 Å². The Hall–Kier alpha value is -0.0800. The first-order chi connectivity index (χ1) is 6.08. The third kappa shape index (κ3) is 1.50. The lowest BCUT2D eigenvalue weighted by Gasteiger charge is -2.31. The Morgan fingerprint density at radius 3 is 2.85 bits per heavy atom. The van der Waals surface area contributed by atoms with Crippen molar-refractivity contribution >= 4 is 0 Å². The van der Waals surface area contributed by atoms with Gasteiger partial charge in [0.25, 0.3) is 0 Å². The summed E-state index contributed by atoms with van der Waals surface area (Å²) in [6.45, 7) is 8.23. The lowest BCUT2D eigenvalue weighted by Crippen LogP contribution is -2.42. The third-order valence-corrected chi connectivity index (χ3v) is 3.58. The molecule has 0 unspecified atom stereocenters. The Morgan fingerprint density at radius 1 is 1.38 bits per heavy atom. The Labute approximate surface area is 81.3 Å². The Morgan fingerprint density at radius 2 is 2.15 bits per heavy atom. The highest BCUT2D eigenvalue weighted by molar-refractivity contribution is 5.06. The predicted molar refractivity (Wildman–Crippen MR) is 53.8 cm³/mol. The van der Waals surface area contributed by atoms with E-state index in [-0.39, 0.29) is 0 Å². The van der Waals surface area contributed by atoms with Crippen LogP contribution in [0, 0.1) is 5.41 Å². The number of rotatable bonds is 2. The van der Waals surface area contributed by atoms with E-state index >= 15 is 0 Å². The van der Waals surface area contributed by atoms with E-state index in [1.165, 1.54) is 32.4 Å². The molecule has 76 valence electrons. The second-order valence-corrected chi connectivity index (χ2v) is 5.52. The molecule has 2 heterocycles. The number of nitrogens with zero attached hydrogens (tertiary/aromatic N) is 1. The number of hydrogen-bond donors (Lipinski definition) is 0. The van der Waals surface area contributed by atoms with Gasteiger partial charge in [0.1, 0.15) is 0 Å². The molecule has 2 nitrogen and oxygen atoms in total. The first kappa shape index (κ1) is 9.47. The van der Waals surface area contributed by atoms with E-state index in [0.717, 1.165) is 6.61 Å². The lowest BCUT2D eigenvalue weighted by molar-refractivity contribution is 0.0650. The molecule has 2 aliphatic rings. The third-order valence-electron chi connectivity index (χ3n) is 3.58. The van der Waals surface area contributed by atoms with E-state index in [2.05, 4.69) is 18.7 Å². The average Bonchev–Trinajstić information content (AvgIpc) is 2.40. The Balaban J connectivity index is 2.15.